The van der Waals surface area contributed by atoms with Gasteiger partial charge in [-0.15, -0.1) is 11.8 Å². The van der Waals surface area contributed by atoms with Gasteiger partial charge in [0.25, 0.3) is 0 Å². The van der Waals surface area contributed by atoms with E-state index in [0.29, 0.717) is 0 Å². The third-order valence-electron chi connectivity index (χ3n) is 10.8. The van der Waals surface area contributed by atoms with Crippen molar-refractivity contribution in [2.75, 3.05) is 26.4 Å². The lowest BCUT2D eigenvalue weighted by atomic mass is 9.76. The van der Waals surface area contributed by atoms with Crippen molar-refractivity contribution in [3.63, 3.8) is 0 Å². The largest absolute Gasteiger partial charge is 0.480 e. The van der Waals surface area contributed by atoms with Crippen molar-refractivity contribution in [3.05, 3.63) is 47.0 Å². The second-order valence-electron chi connectivity index (χ2n) is 17.6. The Hall–Kier alpha value is -4.61. The molecule has 0 saturated carbocycles. The lowest BCUT2D eigenvalue weighted by molar-refractivity contribution is -0.142. The molecule has 1 heterocycles. The van der Waals surface area contributed by atoms with Crippen molar-refractivity contribution in [3.8, 4) is 0 Å². The smallest absolute Gasteiger partial charge is 0.326 e. The van der Waals surface area contributed by atoms with E-state index in [0.717, 1.165) is 27.8 Å². The zero-order chi connectivity index (χ0) is 45.9. The molecular formula is C43H66N6O10S. The third kappa shape index (κ3) is 14.3. The summed E-state index contributed by atoms with van der Waals surface area (Å²) in [5.41, 5.74) is 6.32. The molecule has 0 spiro atoms. The highest BCUT2D eigenvalue weighted by Gasteiger charge is 2.42. The van der Waals surface area contributed by atoms with Crippen LogP contribution in [0.4, 0.5) is 0 Å². The van der Waals surface area contributed by atoms with E-state index >= 15 is 0 Å². The molecule has 0 aliphatic carbocycles. The number of aryl methyl sites for hydroxylation is 1. The first-order valence-corrected chi connectivity index (χ1v) is 21.3. The summed E-state index contributed by atoms with van der Waals surface area (Å²) < 4.78 is 0. The number of likely N-dealkylation sites (N-methyl/N-ethyl adjacent to an activating group) is 2. The van der Waals surface area contributed by atoms with E-state index in [1.807, 2.05) is 79.7 Å². The number of carbonyl (C=O) groups is 8. The Bertz CT molecular complexity index is 1790. The zero-order valence-electron chi connectivity index (χ0n) is 36.9. The van der Waals surface area contributed by atoms with Gasteiger partial charge in [0.2, 0.25) is 29.5 Å². The lowest BCUT2D eigenvalue weighted by Gasteiger charge is -2.40. The molecular weight excluding hydrogens is 793 g/mol. The molecule has 0 bridgehead atoms. The summed E-state index contributed by atoms with van der Waals surface area (Å²) in [6.45, 7) is 16.7. The first-order valence-electron chi connectivity index (χ1n) is 20.2. The number of likely N-dealkylation sites (tertiary alicyclic amines) is 1. The average Bonchev–Trinajstić information content (AvgIpc) is 3.42. The maximum Gasteiger partial charge on any atom is 0.326 e. The molecule has 1 aliphatic heterocycles. The number of ketones is 1. The molecule has 1 aromatic rings. The molecule has 0 radical (unpaired) electrons. The van der Waals surface area contributed by atoms with E-state index in [9.17, 15) is 43.5 Å². The number of amides is 5. The number of hydrogen-bond donors (Lipinski definition) is 6. The van der Waals surface area contributed by atoms with Crippen molar-refractivity contribution < 1.29 is 48.6 Å². The van der Waals surface area contributed by atoms with E-state index in [-0.39, 0.29) is 73.5 Å². The van der Waals surface area contributed by atoms with Gasteiger partial charge in [0.15, 0.2) is 0 Å². The fourth-order valence-corrected chi connectivity index (χ4v) is 8.16. The second-order valence-corrected chi connectivity index (χ2v) is 18.8. The van der Waals surface area contributed by atoms with Gasteiger partial charge < -0.3 is 36.8 Å². The number of nitrogens with zero attached hydrogens (tertiary/aromatic N) is 2. The third-order valence-corrected chi connectivity index (χ3v) is 12.2. The van der Waals surface area contributed by atoms with Gasteiger partial charge in [-0.05, 0) is 50.6 Å². The first-order chi connectivity index (χ1) is 27.7. The SMILES string of the molecule is CN[C@H](C(=O)N[C@H](C(=O)N(C)[C@H](/C=C(\C)C(=O)N[C@H](CCC(=O)CCCN1C(=O)CC(SC[C@H](N)C(=O)O)C1=O)C(=O)O)C(C)C)C(C)(C)C)C(C)(C)c1cccc(C)c1. The van der Waals surface area contributed by atoms with Crippen molar-refractivity contribution in [1.29, 1.82) is 0 Å². The minimum atomic E-state index is -1.40. The lowest BCUT2D eigenvalue weighted by Crippen LogP contribution is -2.61. The molecule has 16 nitrogen and oxygen atoms in total. The molecule has 17 heteroatoms. The van der Waals surface area contributed by atoms with Gasteiger partial charge in [0, 0.05) is 49.6 Å². The van der Waals surface area contributed by atoms with Crippen molar-refractivity contribution in [1.82, 2.24) is 25.8 Å². The van der Waals surface area contributed by atoms with Gasteiger partial charge in [-0.3, -0.25) is 38.5 Å². The highest BCUT2D eigenvalue weighted by Crippen LogP contribution is 2.30. The summed E-state index contributed by atoms with van der Waals surface area (Å²) in [5, 5.41) is 26.7. The van der Waals surface area contributed by atoms with Gasteiger partial charge >= 0.3 is 11.9 Å². The number of imide groups is 1. The Morgan fingerprint density at radius 2 is 1.63 bits per heavy atom. The molecule has 2 rings (SSSR count). The Morgan fingerprint density at radius 3 is 2.17 bits per heavy atom. The van der Waals surface area contributed by atoms with Crippen LogP contribution in [0.25, 0.3) is 0 Å². The first kappa shape index (κ1) is 51.5. The fraction of sp³-hybridized carbons (Fsp3) is 0.628. The summed E-state index contributed by atoms with van der Waals surface area (Å²) >= 11 is 0.997. The molecule has 1 aromatic carbocycles. The van der Waals surface area contributed by atoms with Crippen LogP contribution >= 0.6 is 11.8 Å². The summed E-state index contributed by atoms with van der Waals surface area (Å²) in [5.74, 6) is -5.43. The Morgan fingerprint density at radius 1 is 1.00 bits per heavy atom. The quantitative estimate of drug-likeness (QED) is 0.0686. The number of carboxylic acids is 2. The van der Waals surface area contributed by atoms with Gasteiger partial charge in [0.1, 0.15) is 23.9 Å². The molecule has 1 fully saturated rings. The molecule has 0 aromatic heterocycles. The van der Waals surface area contributed by atoms with Gasteiger partial charge in [-0.25, -0.2) is 4.79 Å². The molecule has 1 saturated heterocycles. The highest BCUT2D eigenvalue weighted by atomic mass is 32.2. The number of nitrogens with one attached hydrogen (secondary N) is 3. The number of hydrogen-bond acceptors (Lipinski definition) is 11. The Kier molecular flexibility index (Phi) is 19.1. The number of aliphatic carboxylic acids is 2. The predicted octanol–water partition coefficient (Wildman–Crippen LogP) is 2.79. The number of carbonyl (C=O) groups excluding carboxylic acids is 6. The van der Waals surface area contributed by atoms with E-state index < -0.39 is 75.9 Å². The second kappa shape index (κ2) is 22.3. The fourth-order valence-electron chi connectivity index (χ4n) is 7.04. The number of carboxylic acid groups (broad SMARTS) is 2. The molecule has 5 amide bonds. The maximum absolute atomic E-state index is 14.3. The Balaban J connectivity index is 2.08. The summed E-state index contributed by atoms with van der Waals surface area (Å²) in [6, 6.07) is 3.10. The molecule has 7 N–H and O–H groups in total. The maximum atomic E-state index is 14.3. The molecule has 60 heavy (non-hydrogen) atoms. The van der Waals surface area contributed by atoms with Crippen molar-refractivity contribution >= 4 is 59.0 Å². The topological polar surface area (TPSA) is 246 Å². The monoisotopic (exact) mass is 858 g/mol. The molecule has 6 atom stereocenters. The number of nitrogens with two attached hydrogens (primary N) is 1. The Labute approximate surface area is 358 Å². The van der Waals surface area contributed by atoms with Crippen LogP contribution in [0.1, 0.15) is 98.6 Å². The van der Waals surface area contributed by atoms with Crippen LogP contribution in [-0.4, -0.2) is 129 Å². The highest BCUT2D eigenvalue weighted by molar-refractivity contribution is 8.00. The molecule has 334 valence electrons. The minimum absolute atomic E-state index is 0.0198. The summed E-state index contributed by atoms with van der Waals surface area (Å²) in [6.07, 6.45) is 1.22. The number of Topliss-reactive ketones (excluding diaryl/α,β-unsaturated/α-hetero) is 1. The predicted molar refractivity (Wildman–Crippen MR) is 230 cm³/mol. The van der Waals surface area contributed by atoms with E-state index in [2.05, 4.69) is 16.0 Å². The van der Waals surface area contributed by atoms with Gasteiger partial charge in [0.05, 0.1) is 17.3 Å². The van der Waals surface area contributed by atoms with E-state index in [1.54, 1.807) is 20.2 Å². The average molecular weight is 859 g/mol. The van der Waals surface area contributed by atoms with Crippen LogP contribution in [0, 0.1) is 18.3 Å². The van der Waals surface area contributed by atoms with Crippen LogP contribution in [0.2, 0.25) is 0 Å². The normalized spacial score (nSPS) is 17.4. The van der Waals surface area contributed by atoms with Crippen LogP contribution in [0.3, 0.4) is 0 Å². The van der Waals surface area contributed by atoms with Crippen LogP contribution in [0.15, 0.2) is 35.9 Å². The molecule has 1 unspecified atom stereocenters. The van der Waals surface area contributed by atoms with Crippen LogP contribution in [0.5, 0.6) is 0 Å². The standard InChI is InChI=1S/C43H66N6O10S/c1-24(2)31(48(11)39(55)35(42(5,6)7)47-37(53)34(45-10)43(8,9)27-15-12-14-25(3)20-27)21-26(4)36(52)46-30(41(58)59)18-17-28(50)16-13-19-49-33(51)22-32(38(49)54)60-23-29(44)40(56)57/h12,14-15,20-21,24,29-32,34-35,45H,13,16-19,22-23,44H2,1-11H3,(H,46,52)(H,47,53)(H,56,57)(H,58,59)/b26-21+/t29-,30+,31+,32?,34+,35+/m0/s1. The van der Waals surface area contributed by atoms with Crippen molar-refractivity contribution in [2.45, 2.75) is 135 Å². The van der Waals surface area contributed by atoms with E-state index in [1.165, 1.54) is 11.8 Å². The minimum Gasteiger partial charge on any atom is -0.480 e. The van der Waals surface area contributed by atoms with Gasteiger partial charge in [-0.2, -0.15) is 0 Å². The zero-order valence-corrected chi connectivity index (χ0v) is 37.7. The number of benzene rings is 1. The molecule has 1 aliphatic rings. The number of rotatable bonds is 23. The van der Waals surface area contributed by atoms with Crippen LogP contribution in [-0.2, 0) is 43.8 Å². The van der Waals surface area contributed by atoms with Crippen LogP contribution < -0.4 is 21.7 Å². The van der Waals surface area contributed by atoms with E-state index in [4.69, 9.17) is 10.8 Å². The van der Waals surface area contributed by atoms with Crippen molar-refractivity contribution in [2.24, 2.45) is 17.1 Å². The summed E-state index contributed by atoms with van der Waals surface area (Å²) in [7, 11) is 3.30. The number of thioether (sulfide) groups is 1. The van der Waals surface area contributed by atoms with Gasteiger partial charge in [-0.1, -0.05) is 84.4 Å². The summed E-state index contributed by atoms with van der Waals surface area (Å²) in [4.78, 5) is 105.